The largest absolute Gasteiger partial charge is 0.460 e. The van der Waals surface area contributed by atoms with E-state index in [4.69, 9.17) is 27.7 Å². The van der Waals surface area contributed by atoms with Crippen LogP contribution in [0.25, 0.3) is 22.2 Å². The number of benzene rings is 3. The molecule has 0 saturated heterocycles. The fourth-order valence-corrected chi connectivity index (χ4v) is 5.07. The molecule has 0 aliphatic rings. The number of hydrogen-bond donors (Lipinski definition) is 1. The highest BCUT2D eigenvalue weighted by Gasteiger charge is 2.23. The Bertz CT molecular complexity index is 1580. The number of pyridine rings is 1. The number of aromatic nitrogens is 1. The quantitative estimate of drug-likeness (QED) is 0.182. The molecular weight excluding hydrogens is 520 g/mol. The van der Waals surface area contributed by atoms with Crippen molar-refractivity contribution in [3.05, 3.63) is 100 Å². The summed E-state index contributed by atoms with van der Waals surface area (Å²) in [6.45, 7) is 7.71. The Balaban J connectivity index is 1.68. The molecule has 0 bridgehead atoms. The van der Waals surface area contributed by atoms with Crippen LogP contribution in [0.5, 0.6) is 0 Å². The summed E-state index contributed by atoms with van der Waals surface area (Å²) in [6.07, 6.45) is 6.34. The van der Waals surface area contributed by atoms with Crippen LogP contribution in [0.15, 0.2) is 72.8 Å². The molecule has 0 spiro atoms. The zero-order chi connectivity index (χ0) is 28.9. The average Bonchev–Trinajstić information content (AvgIpc) is 2.92. The molecule has 4 rings (SSSR count). The van der Waals surface area contributed by atoms with Gasteiger partial charge in [0, 0.05) is 40.4 Å². The number of amides is 1. The monoisotopic (exact) mass is 552 g/mol. The minimum atomic E-state index is -0.571. The van der Waals surface area contributed by atoms with Crippen molar-refractivity contribution >= 4 is 34.4 Å². The van der Waals surface area contributed by atoms with Gasteiger partial charge in [-0.25, -0.2) is 4.98 Å². The van der Waals surface area contributed by atoms with Crippen molar-refractivity contribution in [2.24, 2.45) is 0 Å². The molecule has 0 fully saturated rings. The van der Waals surface area contributed by atoms with E-state index >= 15 is 0 Å². The Labute approximate surface area is 240 Å². The van der Waals surface area contributed by atoms with Gasteiger partial charge in [-0.3, -0.25) is 9.59 Å². The van der Waals surface area contributed by atoms with Gasteiger partial charge >= 0.3 is 5.97 Å². The van der Waals surface area contributed by atoms with Crippen LogP contribution in [0.3, 0.4) is 0 Å². The molecule has 6 heteroatoms. The van der Waals surface area contributed by atoms with Gasteiger partial charge in [0.15, 0.2) is 0 Å². The molecule has 1 N–H and O–H groups in total. The van der Waals surface area contributed by atoms with E-state index in [9.17, 15) is 9.59 Å². The van der Waals surface area contributed by atoms with Crippen molar-refractivity contribution in [1.82, 2.24) is 10.3 Å². The number of halogens is 1. The van der Waals surface area contributed by atoms with Crippen LogP contribution in [-0.2, 0) is 9.53 Å². The zero-order valence-electron chi connectivity index (χ0n) is 23.3. The van der Waals surface area contributed by atoms with E-state index in [1.54, 1.807) is 0 Å². The molecule has 0 saturated carbocycles. The minimum Gasteiger partial charge on any atom is -0.460 e. The van der Waals surface area contributed by atoms with Crippen LogP contribution in [0.4, 0.5) is 0 Å². The molecule has 0 aliphatic heterocycles. The Morgan fingerprint density at radius 2 is 1.75 bits per heavy atom. The first-order valence-corrected chi connectivity index (χ1v) is 13.7. The third-order valence-corrected chi connectivity index (χ3v) is 6.98. The van der Waals surface area contributed by atoms with E-state index in [2.05, 4.69) is 11.2 Å². The van der Waals surface area contributed by atoms with Gasteiger partial charge in [-0.2, -0.15) is 0 Å². The average molecular weight is 553 g/mol. The van der Waals surface area contributed by atoms with Gasteiger partial charge in [0.2, 0.25) is 0 Å². The van der Waals surface area contributed by atoms with Crippen LogP contribution in [0.1, 0.15) is 66.6 Å². The standard InChI is InChI=1S/C34H33ClN2O3/c1-6-23-16-18-29-27(20-23)31(22(2)32(37-29)24-12-8-7-9-13-24)33(39)36-21-25(26-14-10-11-15-28(26)35)17-19-30(38)40-34(3,4)5/h1,7-16,18,20,25H,17,19,21H2,2-5H3,(H,36,39). The van der Waals surface area contributed by atoms with Crippen LogP contribution < -0.4 is 5.32 Å². The van der Waals surface area contributed by atoms with Crippen molar-refractivity contribution < 1.29 is 14.3 Å². The maximum Gasteiger partial charge on any atom is 0.306 e. The van der Waals surface area contributed by atoms with E-state index in [0.29, 0.717) is 33.5 Å². The number of hydrogen-bond acceptors (Lipinski definition) is 4. The smallest absolute Gasteiger partial charge is 0.306 e. The number of rotatable bonds is 8. The number of esters is 1. The predicted molar refractivity (Wildman–Crippen MR) is 161 cm³/mol. The number of carbonyl (C=O) groups excluding carboxylic acids is 2. The Hall–Kier alpha value is -4.14. The first-order chi connectivity index (χ1) is 19.1. The second-order valence-electron chi connectivity index (χ2n) is 10.8. The molecule has 40 heavy (non-hydrogen) atoms. The van der Waals surface area contributed by atoms with Gasteiger partial charge in [-0.15, -0.1) is 6.42 Å². The second kappa shape index (κ2) is 12.4. The van der Waals surface area contributed by atoms with Crippen LogP contribution >= 0.6 is 11.6 Å². The van der Waals surface area contributed by atoms with Gasteiger partial charge in [0.25, 0.3) is 5.91 Å². The Morgan fingerprint density at radius 1 is 1.05 bits per heavy atom. The van der Waals surface area contributed by atoms with E-state index in [1.807, 2.05) is 100 Å². The van der Waals surface area contributed by atoms with Crippen molar-refractivity contribution in [3.63, 3.8) is 0 Å². The lowest BCUT2D eigenvalue weighted by Crippen LogP contribution is -2.30. The summed E-state index contributed by atoms with van der Waals surface area (Å²) in [7, 11) is 0. The fourth-order valence-electron chi connectivity index (χ4n) is 4.78. The molecule has 1 atom stereocenters. The predicted octanol–water partition coefficient (Wildman–Crippen LogP) is 7.48. The molecule has 1 unspecified atom stereocenters. The minimum absolute atomic E-state index is 0.198. The normalized spacial score (nSPS) is 12.0. The number of fused-ring (bicyclic) bond motifs is 1. The zero-order valence-corrected chi connectivity index (χ0v) is 24.0. The van der Waals surface area contributed by atoms with Crippen molar-refractivity contribution in [3.8, 4) is 23.6 Å². The molecular formula is C34H33ClN2O3. The Kier molecular flexibility index (Phi) is 8.92. The van der Waals surface area contributed by atoms with Gasteiger partial charge in [-0.1, -0.05) is 66.1 Å². The number of terminal acetylenes is 1. The number of ether oxygens (including phenoxy) is 1. The first-order valence-electron chi connectivity index (χ1n) is 13.3. The highest BCUT2D eigenvalue weighted by atomic mass is 35.5. The van der Waals surface area contributed by atoms with Crippen molar-refractivity contribution in [1.29, 1.82) is 0 Å². The van der Waals surface area contributed by atoms with Crippen LogP contribution in [0, 0.1) is 19.3 Å². The molecule has 1 heterocycles. The SMILES string of the molecule is C#Cc1ccc2nc(-c3ccccc3)c(C)c(C(=O)NCC(CCC(=O)OC(C)(C)C)c3ccccc3Cl)c2c1. The fraction of sp³-hybridized carbons (Fsp3) is 0.265. The highest BCUT2D eigenvalue weighted by Crippen LogP contribution is 2.32. The van der Waals surface area contributed by atoms with E-state index in [-0.39, 0.29) is 30.8 Å². The van der Waals surface area contributed by atoms with Gasteiger partial charge < -0.3 is 10.1 Å². The number of nitrogens with zero attached hydrogens (tertiary/aromatic N) is 1. The molecule has 4 aromatic rings. The maximum absolute atomic E-state index is 13.9. The number of nitrogens with one attached hydrogen (secondary N) is 1. The summed E-state index contributed by atoms with van der Waals surface area (Å²) in [5, 5.41) is 4.39. The molecule has 1 amide bonds. The lowest BCUT2D eigenvalue weighted by Gasteiger charge is -2.22. The summed E-state index contributed by atoms with van der Waals surface area (Å²) in [6, 6.07) is 22.8. The second-order valence-corrected chi connectivity index (χ2v) is 11.2. The summed E-state index contributed by atoms with van der Waals surface area (Å²) >= 11 is 6.54. The lowest BCUT2D eigenvalue weighted by molar-refractivity contribution is -0.155. The highest BCUT2D eigenvalue weighted by molar-refractivity contribution is 6.31. The molecule has 0 radical (unpaired) electrons. The van der Waals surface area contributed by atoms with Crippen LogP contribution in [-0.4, -0.2) is 29.0 Å². The third-order valence-electron chi connectivity index (χ3n) is 6.64. The lowest BCUT2D eigenvalue weighted by atomic mass is 9.93. The van der Waals surface area contributed by atoms with Crippen molar-refractivity contribution in [2.45, 2.75) is 52.1 Å². The molecule has 204 valence electrons. The third kappa shape index (κ3) is 6.89. The van der Waals surface area contributed by atoms with E-state index in [0.717, 1.165) is 22.4 Å². The molecule has 5 nitrogen and oxygen atoms in total. The molecule has 1 aromatic heterocycles. The van der Waals surface area contributed by atoms with Crippen molar-refractivity contribution in [2.75, 3.05) is 6.54 Å². The topological polar surface area (TPSA) is 68.3 Å². The van der Waals surface area contributed by atoms with Gasteiger partial charge in [0.05, 0.1) is 16.8 Å². The summed E-state index contributed by atoms with van der Waals surface area (Å²) < 4.78 is 5.51. The Morgan fingerprint density at radius 3 is 2.42 bits per heavy atom. The first kappa shape index (κ1) is 28.9. The van der Waals surface area contributed by atoms with Crippen LogP contribution in [0.2, 0.25) is 5.02 Å². The summed E-state index contributed by atoms with van der Waals surface area (Å²) in [5.74, 6) is 1.92. The molecule has 0 aliphatic carbocycles. The maximum atomic E-state index is 13.9. The van der Waals surface area contributed by atoms with Gasteiger partial charge in [-0.05, 0) is 69.5 Å². The van der Waals surface area contributed by atoms with E-state index < -0.39 is 5.60 Å². The summed E-state index contributed by atoms with van der Waals surface area (Å²) in [4.78, 5) is 31.3. The number of carbonyl (C=O) groups is 2. The van der Waals surface area contributed by atoms with E-state index in [1.165, 1.54) is 0 Å². The molecule has 3 aromatic carbocycles. The van der Waals surface area contributed by atoms with Gasteiger partial charge in [0.1, 0.15) is 5.60 Å². The summed E-state index contributed by atoms with van der Waals surface area (Å²) in [5.41, 5.74) is 4.58.